The zero-order valence-corrected chi connectivity index (χ0v) is 8.60. The molecule has 0 bridgehead atoms. The van der Waals surface area contributed by atoms with E-state index in [2.05, 4.69) is 20.8 Å². The van der Waals surface area contributed by atoms with Crippen LogP contribution in [0, 0.1) is 0 Å². The van der Waals surface area contributed by atoms with Gasteiger partial charge in [0, 0.05) is 0 Å². The van der Waals surface area contributed by atoms with Crippen LogP contribution in [-0.4, -0.2) is 20.1 Å². The van der Waals surface area contributed by atoms with Gasteiger partial charge in [-0.25, -0.2) is 0 Å². The van der Waals surface area contributed by atoms with E-state index in [0.717, 1.165) is 0 Å². The molecule has 0 spiro atoms. The molecule has 1 aromatic carbocycles. The average Bonchev–Trinajstić information content (AvgIpc) is 2.17. The normalized spacial score (nSPS) is 11.9. The van der Waals surface area contributed by atoms with Crippen LogP contribution in [-0.2, 0) is 15.0 Å². The van der Waals surface area contributed by atoms with Gasteiger partial charge in [0.1, 0.15) is 10.6 Å². The number of benzene rings is 1. The molecule has 0 amide bonds. The minimum atomic E-state index is -4.29. The third kappa shape index (κ3) is 3.27. The molecule has 0 aliphatic rings. The zero-order valence-electron chi connectivity index (χ0n) is 7.78. The largest absolute Gasteiger partial charge is 0.296 e. The quantitative estimate of drug-likeness (QED) is 0.459. The third-order valence-corrected chi connectivity index (χ3v) is 2.33. The molecule has 8 heteroatoms. The Morgan fingerprint density at radius 2 is 2.07 bits per heavy atom. The molecule has 0 saturated heterocycles. The van der Waals surface area contributed by atoms with Crippen LogP contribution in [0.5, 0.6) is 0 Å². The lowest BCUT2D eigenvalue weighted by molar-refractivity contribution is 0.0884. The minimum Gasteiger partial charge on any atom is -0.282 e. The Bertz CT molecular complexity index is 457. The van der Waals surface area contributed by atoms with Crippen LogP contribution in [0.1, 0.15) is 0 Å². The first-order chi connectivity index (χ1) is 7.05. The van der Waals surface area contributed by atoms with E-state index in [4.69, 9.17) is 4.55 Å². The van der Waals surface area contributed by atoms with Crippen molar-refractivity contribution in [1.82, 2.24) is 5.59 Å². The Balaban J connectivity index is 3.08. The molecule has 0 heterocycles. The summed E-state index contributed by atoms with van der Waals surface area (Å²) in [4.78, 5) is 4.05. The van der Waals surface area contributed by atoms with Crippen molar-refractivity contribution in [2.45, 2.75) is 4.90 Å². The lowest BCUT2D eigenvalue weighted by atomic mass is 10.3. The fourth-order valence-corrected chi connectivity index (χ4v) is 1.50. The van der Waals surface area contributed by atoms with Crippen molar-refractivity contribution in [2.75, 3.05) is 7.11 Å². The van der Waals surface area contributed by atoms with Crippen LogP contribution >= 0.6 is 0 Å². The van der Waals surface area contributed by atoms with Crippen molar-refractivity contribution in [3.05, 3.63) is 24.3 Å². The molecule has 1 rings (SSSR count). The van der Waals surface area contributed by atoms with E-state index >= 15 is 0 Å². The van der Waals surface area contributed by atoms with Gasteiger partial charge in [-0.05, 0) is 17.4 Å². The molecular weight excluding hydrogens is 222 g/mol. The third-order valence-electron chi connectivity index (χ3n) is 1.43. The summed E-state index contributed by atoms with van der Waals surface area (Å²) in [5.74, 6) is 0. The molecule has 0 fully saturated rings. The molecule has 82 valence electrons. The summed E-state index contributed by atoms with van der Waals surface area (Å²) in [6.07, 6.45) is 0. The van der Waals surface area contributed by atoms with Gasteiger partial charge < -0.3 is 0 Å². The van der Waals surface area contributed by atoms with Crippen LogP contribution in [0.25, 0.3) is 0 Å². The van der Waals surface area contributed by atoms with E-state index in [0.29, 0.717) is 0 Å². The molecule has 0 aromatic heterocycles. The Morgan fingerprint density at radius 1 is 1.40 bits per heavy atom. The van der Waals surface area contributed by atoms with Crippen molar-refractivity contribution >= 4 is 15.8 Å². The molecule has 0 unspecified atom stereocenters. The van der Waals surface area contributed by atoms with Gasteiger partial charge >= 0.3 is 0 Å². The topological polar surface area (TPSA) is 100 Å². The van der Waals surface area contributed by atoms with E-state index in [9.17, 15) is 8.42 Å². The van der Waals surface area contributed by atoms with E-state index in [1.165, 1.54) is 25.3 Å². The van der Waals surface area contributed by atoms with E-state index in [-0.39, 0.29) is 10.6 Å². The summed E-state index contributed by atoms with van der Waals surface area (Å²) in [5, 5.41) is 6.82. The summed E-state index contributed by atoms with van der Waals surface area (Å²) >= 11 is 0. The van der Waals surface area contributed by atoms with Gasteiger partial charge in [0.25, 0.3) is 10.1 Å². The summed E-state index contributed by atoms with van der Waals surface area (Å²) in [5.41, 5.74) is 2.08. The van der Waals surface area contributed by atoms with Gasteiger partial charge in [0.15, 0.2) is 0 Å². The van der Waals surface area contributed by atoms with E-state index in [1.807, 2.05) is 0 Å². The van der Waals surface area contributed by atoms with Gasteiger partial charge in [-0.1, -0.05) is 12.1 Å². The maximum Gasteiger partial charge on any atom is 0.296 e. The van der Waals surface area contributed by atoms with E-state index in [1.54, 1.807) is 6.07 Å². The summed E-state index contributed by atoms with van der Waals surface area (Å²) < 4.78 is 30.6. The monoisotopic (exact) mass is 231 g/mol. The molecular formula is C7H9N3O4S. The maximum atomic E-state index is 10.9. The molecule has 0 atom stereocenters. The smallest absolute Gasteiger partial charge is 0.282 e. The van der Waals surface area contributed by atoms with Crippen molar-refractivity contribution in [2.24, 2.45) is 10.3 Å². The number of nitrogens with zero attached hydrogens (tertiary/aromatic N) is 2. The fourth-order valence-electron chi connectivity index (χ4n) is 0.873. The second-order valence-electron chi connectivity index (χ2n) is 2.44. The van der Waals surface area contributed by atoms with Crippen LogP contribution in [0.15, 0.2) is 39.5 Å². The van der Waals surface area contributed by atoms with Crippen molar-refractivity contribution < 1.29 is 17.8 Å². The first kappa shape index (κ1) is 11.6. The highest BCUT2D eigenvalue weighted by Gasteiger charge is 2.14. The average molecular weight is 231 g/mol. The lowest BCUT2D eigenvalue weighted by Crippen LogP contribution is -2.01. The first-order valence-corrected chi connectivity index (χ1v) is 5.25. The second kappa shape index (κ2) is 4.82. The predicted octanol–water partition coefficient (Wildman–Crippen LogP) is 1.08. The SMILES string of the molecule is CON/N=N/c1ccccc1S(=O)(=O)O. The van der Waals surface area contributed by atoms with Crippen LogP contribution in [0.3, 0.4) is 0 Å². The second-order valence-corrected chi connectivity index (χ2v) is 3.83. The van der Waals surface area contributed by atoms with Gasteiger partial charge in [0.2, 0.25) is 0 Å². The molecule has 0 saturated carbocycles. The number of hydrogen-bond donors (Lipinski definition) is 2. The number of hydrogen-bond acceptors (Lipinski definition) is 5. The maximum absolute atomic E-state index is 10.9. The molecule has 2 N–H and O–H groups in total. The molecule has 1 aromatic rings. The Kier molecular flexibility index (Phi) is 3.72. The summed E-state index contributed by atoms with van der Waals surface area (Å²) in [6, 6.07) is 5.64. The van der Waals surface area contributed by atoms with E-state index < -0.39 is 10.1 Å². The molecule has 0 aliphatic carbocycles. The standard InChI is InChI=1S/C7H9N3O4S/c1-14-10-9-8-6-4-2-3-5-7(6)15(11,12)13/h2-5H,1H3,(H,8,10)(H,11,12,13). The Labute approximate surface area is 86.5 Å². The Morgan fingerprint density at radius 3 is 2.67 bits per heavy atom. The van der Waals surface area contributed by atoms with Crippen molar-refractivity contribution in [1.29, 1.82) is 0 Å². The summed E-state index contributed by atoms with van der Waals surface area (Å²) in [7, 11) is -2.97. The minimum absolute atomic E-state index is 0.0181. The van der Waals surface area contributed by atoms with Gasteiger partial charge in [-0.15, -0.1) is 5.11 Å². The molecule has 0 aliphatic heterocycles. The van der Waals surface area contributed by atoms with Crippen LogP contribution < -0.4 is 5.59 Å². The lowest BCUT2D eigenvalue weighted by Gasteiger charge is -1.99. The number of nitrogens with one attached hydrogen (secondary N) is 1. The van der Waals surface area contributed by atoms with Crippen molar-refractivity contribution in [3.8, 4) is 0 Å². The highest BCUT2D eigenvalue weighted by Crippen LogP contribution is 2.23. The first-order valence-electron chi connectivity index (χ1n) is 3.81. The van der Waals surface area contributed by atoms with Gasteiger partial charge in [0.05, 0.1) is 7.11 Å². The zero-order chi connectivity index (χ0) is 11.3. The Hall–Kier alpha value is -1.51. The molecule has 15 heavy (non-hydrogen) atoms. The number of rotatable bonds is 4. The highest BCUT2D eigenvalue weighted by atomic mass is 32.2. The summed E-state index contributed by atoms with van der Waals surface area (Å²) in [6.45, 7) is 0. The molecule has 0 radical (unpaired) electrons. The fraction of sp³-hybridized carbons (Fsp3) is 0.143. The van der Waals surface area contributed by atoms with Crippen molar-refractivity contribution in [3.63, 3.8) is 0 Å². The van der Waals surface area contributed by atoms with Crippen LogP contribution in [0.2, 0.25) is 0 Å². The van der Waals surface area contributed by atoms with Gasteiger partial charge in [-0.2, -0.15) is 14.0 Å². The van der Waals surface area contributed by atoms with Gasteiger partial charge in [-0.3, -0.25) is 9.39 Å². The highest BCUT2D eigenvalue weighted by molar-refractivity contribution is 7.86. The van der Waals surface area contributed by atoms with Crippen LogP contribution in [0.4, 0.5) is 5.69 Å². The predicted molar refractivity (Wildman–Crippen MR) is 50.9 cm³/mol. The molecule has 7 nitrogen and oxygen atoms in total.